The van der Waals surface area contributed by atoms with E-state index in [9.17, 15) is 4.79 Å². The van der Waals surface area contributed by atoms with Crippen LogP contribution in [0.25, 0.3) is 0 Å². The zero-order valence-corrected chi connectivity index (χ0v) is 13.4. The number of allylic oxidation sites excluding steroid dienone is 1. The van der Waals surface area contributed by atoms with Gasteiger partial charge in [0.05, 0.1) is 11.2 Å². The molecule has 0 unspecified atom stereocenters. The van der Waals surface area contributed by atoms with Gasteiger partial charge in [-0.15, -0.1) is 6.58 Å². The van der Waals surface area contributed by atoms with Gasteiger partial charge < -0.3 is 19.7 Å². The number of carbonyl (C=O) groups is 1. The summed E-state index contributed by atoms with van der Waals surface area (Å²) in [6.45, 7) is 12.3. The molecule has 118 valence electrons. The highest BCUT2D eigenvalue weighted by Crippen LogP contribution is 2.41. The molecule has 0 aromatic carbocycles. The molecule has 1 amide bonds. The average molecular weight is 295 g/mol. The van der Waals surface area contributed by atoms with Crippen molar-refractivity contribution in [3.8, 4) is 0 Å². The fourth-order valence-electron chi connectivity index (χ4n) is 2.97. The Kier molecular flexibility index (Phi) is 4.40. The number of rotatable bonds is 3. The molecule has 2 rings (SSSR count). The maximum absolute atomic E-state index is 10.7. The predicted molar refractivity (Wildman–Crippen MR) is 82.1 cm³/mol. The Hall–Kier alpha value is -1.01. The Morgan fingerprint density at radius 1 is 1.14 bits per heavy atom. The SMILES string of the molecule is C=C(B1OC(C)(C)C(C)(C)O1)[C@H]1CC[C@H](NC(=O)O)CC1. The number of hydrogen-bond acceptors (Lipinski definition) is 3. The second-order valence-electron chi connectivity index (χ2n) is 7.16. The molecular formula is C15H26BNO4. The van der Waals surface area contributed by atoms with E-state index in [1.54, 1.807) is 0 Å². The molecule has 0 atom stereocenters. The maximum atomic E-state index is 10.7. The Morgan fingerprint density at radius 3 is 2.05 bits per heavy atom. The summed E-state index contributed by atoms with van der Waals surface area (Å²) in [6, 6.07) is 0.0600. The largest absolute Gasteiger partial charge is 0.490 e. The molecule has 5 nitrogen and oxygen atoms in total. The molecule has 2 fully saturated rings. The third kappa shape index (κ3) is 3.43. The number of amides is 1. The third-order valence-electron chi connectivity index (χ3n) is 5.14. The molecule has 6 heteroatoms. The van der Waals surface area contributed by atoms with Crippen molar-refractivity contribution in [2.45, 2.75) is 70.6 Å². The third-order valence-corrected chi connectivity index (χ3v) is 5.14. The summed E-state index contributed by atoms with van der Waals surface area (Å²) in [6.07, 6.45) is 2.59. The van der Waals surface area contributed by atoms with Crippen LogP contribution in [-0.2, 0) is 9.31 Å². The average Bonchev–Trinajstić information content (AvgIpc) is 2.58. The standard InChI is InChI=1S/C15H26BNO4/c1-10(16-20-14(2,3)15(4,5)21-16)11-6-8-12(9-7-11)17-13(18)19/h11-12,17H,1,6-9H2,2-5H3,(H,18,19)/t11-,12-. The van der Waals surface area contributed by atoms with Gasteiger partial charge >= 0.3 is 13.2 Å². The van der Waals surface area contributed by atoms with Crippen LogP contribution < -0.4 is 5.32 Å². The van der Waals surface area contributed by atoms with E-state index in [1.165, 1.54) is 0 Å². The highest BCUT2D eigenvalue weighted by molar-refractivity contribution is 6.54. The van der Waals surface area contributed by atoms with E-state index >= 15 is 0 Å². The first-order valence-corrected chi connectivity index (χ1v) is 7.66. The summed E-state index contributed by atoms with van der Waals surface area (Å²) in [7, 11) is -0.357. The van der Waals surface area contributed by atoms with E-state index in [1.807, 2.05) is 27.7 Å². The van der Waals surface area contributed by atoms with Gasteiger partial charge in [-0.05, 0) is 64.8 Å². The monoisotopic (exact) mass is 295 g/mol. The van der Waals surface area contributed by atoms with Crippen molar-refractivity contribution < 1.29 is 19.2 Å². The Labute approximate surface area is 127 Å². The fraction of sp³-hybridized carbons (Fsp3) is 0.800. The first-order chi connectivity index (χ1) is 9.62. The van der Waals surface area contributed by atoms with Gasteiger partial charge in [0, 0.05) is 6.04 Å². The van der Waals surface area contributed by atoms with Crippen LogP contribution in [0.1, 0.15) is 53.4 Å². The van der Waals surface area contributed by atoms with E-state index in [0.29, 0.717) is 5.92 Å². The van der Waals surface area contributed by atoms with E-state index in [-0.39, 0.29) is 24.4 Å². The molecule has 21 heavy (non-hydrogen) atoms. The lowest BCUT2D eigenvalue weighted by atomic mass is 9.67. The van der Waals surface area contributed by atoms with Gasteiger partial charge in [-0.3, -0.25) is 0 Å². The van der Waals surface area contributed by atoms with Crippen molar-refractivity contribution in [2.24, 2.45) is 5.92 Å². The lowest BCUT2D eigenvalue weighted by molar-refractivity contribution is 0.00578. The van der Waals surface area contributed by atoms with Crippen LogP contribution in [-0.4, -0.2) is 35.6 Å². The molecule has 2 N–H and O–H groups in total. The van der Waals surface area contributed by atoms with Crippen molar-refractivity contribution in [2.75, 3.05) is 0 Å². The summed E-state index contributed by atoms with van der Waals surface area (Å²) in [5.74, 6) is 0.339. The van der Waals surface area contributed by atoms with Crippen LogP contribution in [0, 0.1) is 5.92 Å². The second-order valence-corrected chi connectivity index (χ2v) is 7.16. The van der Waals surface area contributed by atoms with Crippen LogP contribution in [0.2, 0.25) is 0 Å². The minimum atomic E-state index is -0.941. The second kappa shape index (κ2) is 5.65. The van der Waals surface area contributed by atoms with Crippen molar-refractivity contribution >= 4 is 13.2 Å². The quantitative estimate of drug-likeness (QED) is 0.785. The molecule has 0 bridgehead atoms. The van der Waals surface area contributed by atoms with Crippen LogP contribution in [0.3, 0.4) is 0 Å². The molecule has 0 aromatic rings. The Balaban J connectivity index is 1.90. The molecule has 0 spiro atoms. The minimum Gasteiger partial charge on any atom is -0.465 e. The summed E-state index contributed by atoms with van der Waals surface area (Å²) in [5.41, 5.74) is 0.299. The molecule has 1 aliphatic heterocycles. The smallest absolute Gasteiger partial charge is 0.465 e. The summed E-state index contributed by atoms with van der Waals surface area (Å²) < 4.78 is 12.1. The van der Waals surface area contributed by atoms with Crippen molar-refractivity contribution in [1.29, 1.82) is 0 Å². The molecule has 1 heterocycles. The van der Waals surface area contributed by atoms with Crippen LogP contribution in [0.5, 0.6) is 0 Å². The van der Waals surface area contributed by atoms with E-state index in [2.05, 4.69) is 11.9 Å². The highest BCUT2D eigenvalue weighted by atomic mass is 16.7. The number of hydrogen-bond donors (Lipinski definition) is 2. The normalized spacial score (nSPS) is 31.0. The number of nitrogens with one attached hydrogen (secondary N) is 1. The molecule has 1 aliphatic carbocycles. The van der Waals surface area contributed by atoms with Gasteiger partial charge in [-0.1, -0.05) is 0 Å². The first kappa shape index (κ1) is 16.4. The lowest BCUT2D eigenvalue weighted by Gasteiger charge is -2.32. The zero-order valence-electron chi connectivity index (χ0n) is 13.4. The first-order valence-electron chi connectivity index (χ1n) is 7.66. The summed E-state index contributed by atoms with van der Waals surface area (Å²) >= 11 is 0. The number of carboxylic acid groups (broad SMARTS) is 1. The van der Waals surface area contributed by atoms with E-state index in [4.69, 9.17) is 14.4 Å². The van der Waals surface area contributed by atoms with Gasteiger partial charge in [-0.25, -0.2) is 4.79 Å². The van der Waals surface area contributed by atoms with Crippen molar-refractivity contribution in [3.05, 3.63) is 12.1 Å². The fourth-order valence-corrected chi connectivity index (χ4v) is 2.97. The minimum absolute atomic E-state index is 0.0600. The highest BCUT2D eigenvalue weighted by Gasteiger charge is 2.52. The van der Waals surface area contributed by atoms with Gasteiger partial charge in [0.15, 0.2) is 0 Å². The zero-order chi connectivity index (χ0) is 15.8. The molecule has 2 aliphatic rings. The molecule has 1 saturated heterocycles. The van der Waals surface area contributed by atoms with Crippen molar-refractivity contribution in [3.63, 3.8) is 0 Å². The van der Waals surface area contributed by atoms with Crippen LogP contribution >= 0.6 is 0 Å². The van der Waals surface area contributed by atoms with Crippen LogP contribution in [0.4, 0.5) is 4.79 Å². The van der Waals surface area contributed by atoms with Gasteiger partial charge in [0.2, 0.25) is 0 Å². The molecular weight excluding hydrogens is 269 g/mol. The topological polar surface area (TPSA) is 67.8 Å². The van der Waals surface area contributed by atoms with Crippen molar-refractivity contribution in [1.82, 2.24) is 5.32 Å². The summed E-state index contributed by atoms with van der Waals surface area (Å²) in [5, 5.41) is 11.3. The Morgan fingerprint density at radius 2 is 1.62 bits per heavy atom. The van der Waals surface area contributed by atoms with Crippen LogP contribution in [0.15, 0.2) is 12.1 Å². The lowest BCUT2D eigenvalue weighted by Crippen LogP contribution is -2.41. The van der Waals surface area contributed by atoms with E-state index in [0.717, 1.165) is 31.2 Å². The van der Waals surface area contributed by atoms with Gasteiger partial charge in [0.1, 0.15) is 0 Å². The van der Waals surface area contributed by atoms with Gasteiger partial charge in [0.25, 0.3) is 0 Å². The predicted octanol–water partition coefficient (Wildman–Crippen LogP) is 3.00. The van der Waals surface area contributed by atoms with E-state index < -0.39 is 6.09 Å². The molecule has 0 aromatic heterocycles. The maximum Gasteiger partial charge on any atom is 0.490 e. The van der Waals surface area contributed by atoms with Gasteiger partial charge in [-0.2, -0.15) is 0 Å². The Bertz CT molecular complexity index is 411. The molecule has 0 radical (unpaired) electrons. The summed E-state index contributed by atoms with van der Waals surface area (Å²) in [4.78, 5) is 10.7. The molecule has 1 saturated carbocycles.